The Morgan fingerprint density at radius 2 is 2.20 bits per heavy atom. The van der Waals surface area contributed by atoms with E-state index in [4.69, 9.17) is 10.5 Å². The zero-order valence-electron chi connectivity index (χ0n) is 9.16. The van der Waals surface area contributed by atoms with Crippen molar-refractivity contribution in [2.75, 3.05) is 12.9 Å². The Morgan fingerprint density at radius 1 is 1.47 bits per heavy atom. The Labute approximate surface area is 93.1 Å². The summed E-state index contributed by atoms with van der Waals surface area (Å²) in [5.74, 6) is 1.98. The average molecular weight is 227 g/mol. The number of rotatable bonds is 5. The van der Waals surface area contributed by atoms with E-state index in [1.54, 1.807) is 7.11 Å². The van der Waals surface area contributed by atoms with Gasteiger partial charge in [-0.3, -0.25) is 4.21 Å². The van der Waals surface area contributed by atoms with Gasteiger partial charge in [0.2, 0.25) is 0 Å². The Kier molecular flexibility index (Phi) is 4.78. The van der Waals surface area contributed by atoms with Crippen LogP contribution in [0, 0.1) is 0 Å². The molecule has 0 aliphatic rings. The summed E-state index contributed by atoms with van der Waals surface area (Å²) in [6, 6.07) is 5.77. The second-order valence-electron chi connectivity index (χ2n) is 3.22. The molecule has 2 N–H and O–H groups in total. The van der Waals surface area contributed by atoms with E-state index in [2.05, 4.69) is 0 Å². The van der Waals surface area contributed by atoms with Crippen molar-refractivity contribution < 1.29 is 8.95 Å². The first-order valence-corrected chi connectivity index (χ1v) is 6.40. The first-order chi connectivity index (χ1) is 7.21. The molecule has 4 heteroatoms. The summed E-state index contributed by atoms with van der Waals surface area (Å²) in [6.07, 6.45) is 0. The predicted octanol–water partition coefficient (Wildman–Crippen LogP) is 1.42. The molecule has 3 nitrogen and oxygen atoms in total. The van der Waals surface area contributed by atoms with Crippen molar-refractivity contribution in [1.82, 2.24) is 0 Å². The largest absolute Gasteiger partial charge is 0.496 e. The summed E-state index contributed by atoms with van der Waals surface area (Å²) in [5, 5.41) is 0. The molecule has 0 aliphatic heterocycles. The van der Waals surface area contributed by atoms with E-state index < -0.39 is 10.8 Å². The number of hydrogen-bond acceptors (Lipinski definition) is 3. The molecule has 0 fully saturated rings. The van der Waals surface area contributed by atoms with E-state index in [1.807, 2.05) is 25.1 Å². The van der Waals surface area contributed by atoms with E-state index in [1.165, 1.54) is 0 Å². The van der Waals surface area contributed by atoms with Crippen molar-refractivity contribution in [3.8, 4) is 5.75 Å². The molecule has 15 heavy (non-hydrogen) atoms. The van der Waals surface area contributed by atoms with Crippen LogP contribution < -0.4 is 10.5 Å². The highest BCUT2D eigenvalue weighted by Crippen LogP contribution is 2.21. The van der Waals surface area contributed by atoms with Crippen molar-refractivity contribution in [1.29, 1.82) is 0 Å². The van der Waals surface area contributed by atoms with Crippen LogP contribution in [-0.2, 0) is 23.1 Å². The van der Waals surface area contributed by atoms with Gasteiger partial charge in [0.25, 0.3) is 0 Å². The SMILES string of the molecule is CCS(=O)Cc1cc(CN)ccc1OC. The molecule has 1 rings (SSSR count). The van der Waals surface area contributed by atoms with Gasteiger partial charge in [-0.1, -0.05) is 13.0 Å². The highest BCUT2D eigenvalue weighted by molar-refractivity contribution is 7.84. The Hall–Kier alpha value is -0.870. The molecular weight excluding hydrogens is 210 g/mol. The minimum Gasteiger partial charge on any atom is -0.496 e. The van der Waals surface area contributed by atoms with Gasteiger partial charge in [-0.15, -0.1) is 0 Å². The second-order valence-corrected chi connectivity index (χ2v) is 4.97. The van der Waals surface area contributed by atoms with Crippen molar-refractivity contribution in [3.63, 3.8) is 0 Å². The predicted molar refractivity (Wildman–Crippen MR) is 63.3 cm³/mol. The lowest BCUT2D eigenvalue weighted by molar-refractivity contribution is 0.411. The van der Waals surface area contributed by atoms with Crippen LogP contribution in [0.3, 0.4) is 0 Å². The van der Waals surface area contributed by atoms with E-state index in [-0.39, 0.29) is 0 Å². The standard InChI is InChI=1S/C11H17NO2S/c1-3-15(13)8-10-6-9(7-12)4-5-11(10)14-2/h4-6H,3,7-8,12H2,1-2H3. The molecular formula is C11H17NO2S. The molecule has 0 heterocycles. The Bertz CT molecular complexity index is 352. The Morgan fingerprint density at radius 3 is 2.73 bits per heavy atom. The summed E-state index contributed by atoms with van der Waals surface area (Å²) in [6.45, 7) is 2.41. The van der Waals surface area contributed by atoms with Crippen LogP contribution in [0.25, 0.3) is 0 Å². The van der Waals surface area contributed by atoms with Gasteiger partial charge in [-0.2, -0.15) is 0 Å². The van der Waals surface area contributed by atoms with Gasteiger partial charge in [0.05, 0.1) is 12.9 Å². The first kappa shape index (κ1) is 12.2. The molecule has 1 aromatic carbocycles. The van der Waals surface area contributed by atoms with Crippen molar-refractivity contribution >= 4 is 10.8 Å². The first-order valence-electron chi connectivity index (χ1n) is 4.92. The summed E-state index contributed by atoms with van der Waals surface area (Å²) < 4.78 is 16.7. The van der Waals surface area contributed by atoms with Gasteiger partial charge in [-0.25, -0.2) is 0 Å². The summed E-state index contributed by atoms with van der Waals surface area (Å²) in [5.41, 5.74) is 7.57. The van der Waals surface area contributed by atoms with E-state index in [9.17, 15) is 4.21 Å². The third kappa shape index (κ3) is 3.32. The highest BCUT2D eigenvalue weighted by Gasteiger charge is 2.07. The molecule has 0 spiro atoms. The van der Waals surface area contributed by atoms with E-state index in [0.29, 0.717) is 18.1 Å². The molecule has 0 bridgehead atoms. The van der Waals surface area contributed by atoms with Crippen molar-refractivity contribution in [2.45, 2.75) is 19.2 Å². The summed E-state index contributed by atoms with van der Waals surface area (Å²) in [4.78, 5) is 0. The zero-order valence-corrected chi connectivity index (χ0v) is 9.97. The molecule has 84 valence electrons. The fourth-order valence-corrected chi connectivity index (χ4v) is 2.12. The van der Waals surface area contributed by atoms with Crippen LogP contribution in [0.1, 0.15) is 18.1 Å². The maximum Gasteiger partial charge on any atom is 0.123 e. The number of nitrogens with two attached hydrogens (primary N) is 1. The van der Waals surface area contributed by atoms with Crippen LogP contribution in [0.2, 0.25) is 0 Å². The number of hydrogen-bond donors (Lipinski definition) is 1. The maximum absolute atomic E-state index is 11.5. The molecule has 0 amide bonds. The van der Waals surface area contributed by atoms with E-state index in [0.717, 1.165) is 16.9 Å². The van der Waals surface area contributed by atoms with Gasteiger partial charge < -0.3 is 10.5 Å². The monoisotopic (exact) mass is 227 g/mol. The van der Waals surface area contributed by atoms with Gasteiger partial charge in [0.15, 0.2) is 0 Å². The van der Waals surface area contributed by atoms with Crippen LogP contribution in [0.15, 0.2) is 18.2 Å². The lowest BCUT2D eigenvalue weighted by Crippen LogP contribution is -2.03. The molecule has 0 saturated carbocycles. The topological polar surface area (TPSA) is 52.3 Å². The molecule has 1 atom stereocenters. The summed E-state index contributed by atoms with van der Waals surface area (Å²) in [7, 11) is 0.800. The average Bonchev–Trinajstić information content (AvgIpc) is 2.28. The molecule has 0 aromatic heterocycles. The molecule has 1 aromatic rings. The Balaban J connectivity index is 2.95. The van der Waals surface area contributed by atoms with Gasteiger partial charge >= 0.3 is 0 Å². The minimum atomic E-state index is -0.821. The normalized spacial score (nSPS) is 12.5. The molecule has 0 aliphatic carbocycles. The number of ether oxygens (including phenoxy) is 1. The lowest BCUT2D eigenvalue weighted by Gasteiger charge is -2.09. The third-order valence-corrected chi connectivity index (χ3v) is 3.50. The van der Waals surface area contributed by atoms with Gasteiger partial charge in [0.1, 0.15) is 5.75 Å². The fraction of sp³-hybridized carbons (Fsp3) is 0.455. The number of benzene rings is 1. The smallest absolute Gasteiger partial charge is 0.123 e. The maximum atomic E-state index is 11.5. The lowest BCUT2D eigenvalue weighted by atomic mass is 10.1. The van der Waals surface area contributed by atoms with Crippen LogP contribution in [0.5, 0.6) is 5.75 Å². The van der Waals surface area contributed by atoms with Crippen molar-refractivity contribution in [3.05, 3.63) is 29.3 Å². The number of methoxy groups -OCH3 is 1. The second kappa shape index (κ2) is 5.88. The molecule has 0 saturated heterocycles. The molecule has 0 radical (unpaired) electrons. The summed E-state index contributed by atoms with van der Waals surface area (Å²) >= 11 is 0. The quantitative estimate of drug-likeness (QED) is 0.827. The van der Waals surface area contributed by atoms with Crippen LogP contribution >= 0.6 is 0 Å². The highest BCUT2D eigenvalue weighted by atomic mass is 32.2. The van der Waals surface area contributed by atoms with Gasteiger partial charge in [-0.05, 0) is 17.7 Å². The molecule has 1 unspecified atom stereocenters. The fourth-order valence-electron chi connectivity index (χ4n) is 1.35. The minimum absolute atomic E-state index is 0.496. The zero-order chi connectivity index (χ0) is 11.3. The van der Waals surface area contributed by atoms with Crippen LogP contribution in [-0.4, -0.2) is 17.1 Å². The van der Waals surface area contributed by atoms with Gasteiger partial charge in [0, 0.05) is 28.7 Å². The third-order valence-electron chi connectivity index (χ3n) is 2.22. The van der Waals surface area contributed by atoms with E-state index >= 15 is 0 Å². The van der Waals surface area contributed by atoms with Crippen LogP contribution in [0.4, 0.5) is 0 Å². The van der Waals surface area contributed by atoms with Crippen molar-refractivity contribution in [2.24, 2.45) is 5.73 Å².